The van der Waals surface area contributed by atoms with E-state index in [1.54, 1.807) is 49.4 Å². The predicted molar refractivity (Wildman–Crippen MR) is 115 cm³/mol. The Hall–Kier alpha value is -3.59. The summed E-state index contributed by atoms with van der Waals surface area (Å²) in [6.07, 6.45) is 1.42. The Bertz CT molecular complexity index is 1410. The Labute approximate surface area is 171 Å². The molecule has 9 heteroatoms. The average molecular weight is 425 g/mol. The summed E-state index contributed by atoms with van der Waals surface area (Å²) >= 11 is 0. The molecular weight excluding hydrogens is 406 g/mol. The maximum Gasteiger partial charge on any atom is 0.340 e. The number of ether oxygens (including phenoxy) is 1. The highest BCUT2D eigenvalue weighted by Gasteiger charge is 2.19. The number of H-pyrrole nitrogens is 2. The fourth-order valence-corrected chi connectivity index (χ4v) is 4.56. The standard InChI is InChI=1S/C21H19N3O5S/c1-2-29-21(26)16-11-22-19-18(16)15-10-14(8-9-17(15)23-20(19)25)24-30(27,28)12-13-6-4-3-5-7-13/h3-11,22,24H,2,12H2,1H3,(H,23,25). The van der Waals surface area contributed by atoms with E-state index in [1.807, 2.05) is 6.07 Å². The highest BCUT2D eigenvalue weighted by Crippen LogP contribution is 2.28. The second kappa shape index (κ2) is 7.68. The molecule has 0 aliphatic rings. The van der Waals surface area contributed by atoms with Crippen molar-refractivity contribution in [3.8, 4) is 0 Å². The zero-order valence-electron chi connectivity index (χ0n) is 16.1. The summed E-state index contributed by atoms with van der Waals surface area (Å²) in [7, 11) is -3.66. The van der Waals surface area contributed by atoms with Gasteiger partial charge in [-0.3, -0.25) is 9.52 Å². The lowest BCUT2D eigenvalue weighted by Gasteiger charge is -2.10. The van der Waals surface area contributed by atoms with Crippen molar-refractivity contribution in [3.05, 3.63) is 76.2 Å². The zero-order valence-corrected chi connectivity index (χ0v) is 16.9. The number of pyridine rings is 1. The number of nitrogens with one attached hydrogen (secondary N) is 3. The normalized spacial score (nSPS) is 11.6. The monoisotopic (exact) mass is 425 g/mol. The van der Waals surface area contributed by atoms with Crippen LogP contribution in [-0.2, 0) is 20.5 Å². The Kier molecular flexibility index (Phi) is 5.04. The number of esters is 1. The van der Waals surface area contributed by atoms with Crippen molar-refractivity contribution in [1.82, 2.24) is 9.97 Å². The molecule has 2 aromatic carbocycles. The van der Waals surface area contributed by atoms with E-state index in [9.17, 15) is 18.0 Å². The molecule has 0 aliphatic heterocycles. The Morgan fingerprint density at radius 1 is 1.13 bits per heavy atom. The van der Waals surface area contributed by atoms with Crippen molar-refractivity contribution in [2.45, 2.75) is 12.7 Å². The predicted octanol–water partition coefficient (Wildman–Crippen LogP) is 3.13. The van der Waals surface area contributed by atoms with Crippen LogP contribution in [0, 0.1) is 0 Å². The Morgan fingerprint density at radius 3 is 2.63 bits per heavy atom. The molecule has 154 valence electrons. The van der Waals surface area contributed by atoms with Crippen LogP contribution in [0.15, 0.2) is 59.5 Å². The largest absolute Gasteiger partial charge is 0.462 e. The molecule has 0 unspecified atom stereocenters. The lowest BCUT2D eigenvalue weighted by Crippen LogP contribution is -2.15. The molecule has 0 amide bonds. The van der Waals surface area contributed by atoms with Crippen LogP contribution in [-0.4, -0.2) is 31.0 Å². The third-order valence-electron chi connectivity index (χ3n) is 4.61. The molecule has 0 spiro atoms. The van der Waals surface area contributed by atoms with Crippen LogP contribution >= 0.6 is 0 Å². The van der Waals surface area contributed by atoms with E-state index in [-0.39, 0.29) is 29.0 Å². The van der Waals surface area contributed by atoms with Crippen LogP contribution in [0.5, 0.6) is 0 Å². The van der Waals surface area contributed by atoms with E-state index in [4.69, 9.17) is 4.74 Å². The molecule has 0 aliphatic carbocycles. The van der Waals surface area contributed by atoms with Gasteiger partial charge in [-0.1, -0.05) is 30.3 Å². The van der Waals surface area contributed by atoms with Gasteiger partial charge in [-0.25, -0.2) is 13.2 Å². The fraction of sp³-hybridized carbons (Fsp3) is 0.143. The molecule has 2 aromatic heterocycles. The molecule has 0 bridgehead atoms. The molecule has 0 saturated carbocycles. The minimum atomic E-state index is -3.66. The van der Waals surface area contributed by atoms with Crippen molar-refractivity contribution in [3.63, 3.8) is 0 Å². The van der Waals surface area contributed by atoms with Crippen molar-refractivity contribution in [1.29, 1.82) is 0 Å². The number of carbonyl (C=O) groups excluding carboxylic acids is 1. The van der Waals surface area contributed by atoms with E-state index in [0.717, 1.165) is 0 Å². The lowest BCUT2D eigenvalue weighted by atomic mass is 10.1. The first-order valence-corrected chi connectivity index (χ1v) is 10.9. The summed E-state index contributed by atoms with van der Waals surface area (Å²) in [4.78, 5) is 30.2. The highest BCUT2D eigenvalue weighted by molar-refractivity contribution is 7.91. The SMILES string of the molecule is CCOC(=O)c1c[nH]c2c(=O)[nH]c3ccc(NS(=O)(=O)Cc4ccccc4)cc3c12. The van der Waals surface area contributed by atoms with Gasteiger partial charge >= 0.3 is 5.97 Å². The van der Waals surface area contributed by atoms with Gasteiger partial charge < -0.3 is 14.7 Å². The highest BCUT2D eigenvalue weighted by atomic mass is 32.2. The number of anilines is 1. The van der Waals surface area contributed by atoms with Gasteiger partial charge in [0.05, 0.1) is 17.9 Å². The molecule has 3 N–H and O–H groups in total. The van der Waals surface area contributed by atoms with E-state index in [2.05, 4.69) is 14.7 Å². The number of benzene rings is 2. The quantitative estimate of drug-likeness (QED) is 0.410. The number of sulfonamides is 1. The molecule has 0 saturated heterocycles. The summed E-state index contributed by atoms with van der Waals surface area (Å²) in [6, 6.07) is 13.6. The van der Waals surface area contributed by atoms with E-state index < -0.39 is 16.0 Å². The van der Waals surface area contributed by atoms with Crippen LogP contribution in [0.25, 0.3) is 21.8 Å². The van der Waals surface area contributed by atoms with Crippen LogP contribution in [0.1, 0.15) is 22.8 Å². The Balaban J connectivity index is 1.79. The van der Waals surface area contributed by atoms with E-state index >= 15 is 0 Å². The first-order chi connectivity index (χ1) is 14.4. The van der Waals surface area contributed by atoms with E-state index in [1.165, 1.54) is 6.20 Å². The van der Waals surface area contributed by atoms with Crippen LogP contribution in [0.3, 0.4) is 0 Å². The van der Waals surface area contributed by atoms with Gasteiger partial charge in [0.1, 0.15) is 5.52 Å². The van der Waals surface area contributed by atoms with Crippen molar-refractivity contribution in [2.75, 3.05) is 11.3 Å². The number of aromatic amines is 2. The van der Waals surface area contributed by atoms with Crippen LogP contribution in [0.2, 0.25) is 0 Å². The molecule has 30 heavy (non-hydrogen) atoms. The van der Waals surface area contributed by atoms with Gasteiger partial charge in [-0.15, -0.1) is 0 Å². The molecule has 0 atom stereocenters. The Morgan fingerprint density at radius 2 is 1.90 bits per heavy atom. The first-order valence-electron chi connectivity index (χ1n) is 9.26. The van der Waals surface area contributed by atoms with Gasteiger partial charge in [0.25, 0.3) is 5.56 Å². The minimum Gasteiger partial charge on any atom is -0.462 e. The van der Waals surface area contributed by atoms with Gasteiger partial charge in [0, 0.05) is 28.2 Å². The summed E-state index contributed by atoms with van der Waals surface area (Å²) < 4.78 is 32.8. The number of carbonyl (C=O) groups is 1. The molecule has 0 fully saturated rings. The first kappa shape index (κ1) is 19.7. The number of aromatic nitrogens is 2. The summed E-state index contributed by atoms with van der Waals surface area (Å²) in [5.74, 6) is -0.740. The van der Waals surface area contributed by atoms with Gasteiger partial charge in [-0.05, 0) is 30.7 Å². The molecule has 2 heterocycles. The molecule has 8 nitrogen and oxygen atoms in total. The smallest absolute Gasteiger partial charge is 0.340 e. The molecular formula is C21H19N3O5S. The summed E-state index contributed by atoms with van der Waals surface area (Å²) in [5.41, 5.74) is 1.51. The number of hydrogen-bond acceptors (Lipinski definition) is 5. The summed E-state index contributed by atoms with van der Waals surface area (Å²) in [5, 5.41) is 0.908. The van der Waals surface area contributed by atoms with Gasteiger partial charge in [0.15, 0.2) is 0 Å². The van der Waals surface area contributed by atoms with Crippen LogP contribution < -0.4 is 10.3 Å². The maximum absolute atomic E-state index is 12.6. The van der Waals surface area contributed by atoms with Crippen molar-refractivity contribution >= 4 is 43.5 Å². The summed E-state index contributed by atoms with van der Waals surface area (Å²) in [6.45, 7) is 1.88. The third kappa shape index (κ3) is 3.79. The second-order valence-corrected chi connectivity index (χ2v) is 8.46. The second-order valence-electron chi connectivity index (χ2n) is 6.73. The van der Waals surface area contributed by atoms with Crippen LogP contribution in [0.4, 0.5) is 5.69 Å². The topological polar surface area (TPSA) is 121 Å². The van der Waals surface area contributed by atoms with Crippen molar-refractivity contribution in [2.24, 2.45) is 0 Å². The average Bonchev–Trinajstić information content (AvgIpc) is 3.15. The lowest BCUT2D eigenvalue weighted by molar-refractivity contribution is 0.0529. The van der Waals surface area contributed by atoms with Gasteiger partial charge in [0.2, 0.25) is 10.0 Å². The fourth-order valence-electron chi connectivity index (χ4n) is 3.37. The molecule has 4 rings (SSSR count). The van der Waals surface area contributed by atoms with Gasteiger partial charge in [-0.2, -0.15) is 0 Å². The molecule has 4 aromatic rings. The third-order valence-corrected chi connectivity index (χ3v) is 5.87. The maximum atomic E-state index is 12.6. The minimum absolute atomic E-state index is 0.175. The zero-order chi connectivity index (χ0) is 21.3. The number of hydrogen-bond donors (Lipinski definition) is 3. The van der Waals surface area contributed by atoms with E-state index in [0.29, 0.717) is 27.5 Å². The number of fused-ring (bicyclic) bond motifs is 3. The van der Waals surface area contributed by atoms with Crippen molar-refractivity contribution < 1.29 is 17.9 Å². The molecule has 0 radical (unpaired) electrons. The number of rotatable bonds is 6.